The number of hydrogen-bond donors (Lipinski definition) is 0. The Bertz CT molecular complexity index is 608. The van der Waals surface area contributed by atoms with Gasteiger partial charge in [-0.15, -0.1) is 0 Å². The third-order valence-electron chi connectivity index (χ3n) is 2.52. The average molecular weight is 243 g/mol. The molecule has 0 aliphatic rings. The quantitative estimate of drug-likeness (QED) is 0.773. The molecule has 3 heteroatoms. The molecular formula is C15H14O3. The maximum atomic E-state index is 11.5. The zero-order valence-corrected chi connectivity index (χ0v) is 10.3. The molecule has 0 heterocycles. The zero-order valence-electron chi connectivity index (χ0n) is 11.3. The number of carbonyl (C=O) groups is 1. The molecule has 0 fully saturated rings. The van der Waals surface area contributed by atoms with Crippen molar-refractivity contribution in [2.75, 3.05) is 7.11 Å². The summed E-state index contributed by atoms with van der Waals surface area (Å²) in [5.74, 6) is 0.852. The average Bonchev–Trinajstić information content (AvgIpc) is 2.38. The van der Waals surface area contributed by atoms with E-state index in [-0.39, 0.29) is 5.97 Å². The van der Waals surface area contributed by atoms with Crippen molar-refractivity contribution in [3.05, 3.63) is 59.6 Å². The lowest BCUT2D eigenvalue weighted by atomic mass is 10.1. The number of benzene rings is 2. The first-order chi connectivity index (χ1) is 9.10. The molecule has 0 atom stereocenters. The van der Waals surface area contributed by atoms with Gasteiger partial charge in [-0.05, 0) is 42.8 Å². The van der Waals surface area contributed by atoms with Crippen molar-refractivity contribution >= 4 is 5.97 Å². The smallest absolute Gasteiger partial charge is 0.338 e. The Balaban J connectivity index is 2.23. The molecule has 3 nitrogen and oxygen atoms in total. The van der Waals surface area contributed by atoms with E-state index in [1.807, 2.05) is 6.92 Å². The summed E-state index contributed by atoms with van der Waals surface area (Å²) in [6.07, 6.45) is 0. The molecule has 0 aliphatic heterocycles. The van der Waals surface area contributed by atoms with E-state index in [0.29, 0.717) is 23.1 Å². The van der Waals surface area contributed by atoms with Crippen molar-refractivity contribution in [1.82, 2.24) is 0 Å². The number of carbonyl (C=O) groups excluding carboxylic acids is 1. The van der Waals surface area contributed by atoms with Crippen LogP contribution in [0.15, 0.2) is 48.5 Å². The van der Waals surface area contributed by atoms with Crippen molar-refractivity contribution in [3.63, 3.8) is 0 Å². The van der Waals surface area contributed by atoms with Crippen molar-refractivity contribution in [2.24, 2.45) is 0 Å². The topological polar surface area (TPSA) is 35.5 Å². The molecule has 0 unspecified atom stereocenters. The standard InChI is InChI=1S/C15H14O3/c1-11-10-13(8-9-14(11)15(16)17-2)18-12-6-4-3-5-7-12/h3-10H,1-2H3/i4D. The van der Waals surface area contributed by atoms with E-state index in [2.05, 4.69) is 4.74 Å². The van der Waals surface area contributed by atoms with E-state index in [1.54, 1.807) is 42.5 Å². The summed E-state index contributed by atoms with van der Waals surface area (Å²) in [4.78, 5) is 11.5. The summed E-state index contributed by atoms with van der Waals surface area (Å²) >= 11 is 0. The molecule has 0 aromatic heterocycles. The highest BCUT2D eigenvalue weighted by molar-refractivity contribution is 5.91. The minimum absolute atomic E-state index is 0.364. The number of methoxy groups -OCH3 is 1. The minimum atomic E-state index is -0.364. The van der Waals surface area contributed by atoms with Gasteiger partial charge in [0.2, 0.25) is 0 Å². The van der Waals surface area contributed by atoms with Gasteiger partial charge >= 0.3 is 5.97 Å². The molecule has 0 aliphatic carbocycles. The van der Waals surface area contributed by atoms with Gasteiger partial charge in [0.25, 0.3) is 0 Å². The zero-order chi connectivity index (χ0) is 13.8. The summed E-state index contributed by atoms with van der Waals surface area (Å²) in [5.41, 5.74) is 1.30. The molecule has 0 radical (unpaired) electrons. The summed E-state index contributed by atoms with van der Waals surface area (Å²) < 4.78 is 17.8. The molecule has 0 spiro atoms. The highest BCUT2D eigenvalue weighted by Crippen LogP contribution is 2.23. The van der Waals surface area contributed by atoms with Gasteiger partial charge in [-0.1, -0.05) is 18.2 Å². The minimum Gasteiger partial charge on any atom is -0.465 e. The monoisotopic (exact) mass is 243 g/mol. The van der Waals surface area contributed by atoms with Crippen molar-refractivity contribution < 1.29 is 15.6 Å². The predicted molar refractivity (Wildman–Crippen MR) is 69.0 cm³/mol. The van der Waals surface area contributed by atoms with E-state index in [9.17, 15) is 4.79 Å². The van der Waals surface area contributed by atoms with Crippen LogP contribution in [0.25, 0.3) is 0 Å². The first kappa shape index (κ1) is 10.8. The van der Waals surface area contributed by atoms with Crippen LogP contribution >= 0.6 is 0 Å². The second kappa shape index (κ2) is 5.36. The van der Waals surface area contributed by atoms with E-state index in [4.69, 9.17) is 6.11 Å². The van der Waals surface area contributed by atoms with Crippen LogP contribution in [0.1, 0.15) is 17.3 Å². The van der Waals surface area contributed by atoms with Gasteiger partial charge in [-0.3, -0.25) is 0 Å². The maximum Gasteiger partial charge on any atom is 0.338 e. The lowest BCUT2D eigenvalue weighted by molar-refractivity contribution is 0.0600. The van der Waals surface area contributed by atoms with E-state index < -0.39 is 0 Å². The molecule has 18 heavy (non-hydrogen) atoms. The lowest BCUT2D eigenvalue weighted by Crippen LogP contribution is -2.03. The molecule has 2 aromatic rings. The molecule has 2 aromatic carbocycles. The maximum absolute atomic E-state index is 11.5. The van der Waals surface area contributed by atoms with Gasteiger partial charge < -0.3 is 9.47 Å². The summed E-state index contributed by atoms with van der Waals surface area (Å²) in [5, 5.41) is 0. The van der Waals surface area contributed by atoms with Crippen LogP contribution in [0.2, 0.25) is 0 Å². The number of aryl methyl sites for hydroxylation is 1. The molecule has 0 amide bonds. The Morgan fingerprint density at radius 3 is 2.67 bits per heavy atom. The highest BCUT2D eigenvalue weighted by atomic mass is 16.5. The molecule has 0 bridgehead atoms. The number of hydrogen-bond acceptors (Lipinski definition) is 3. The fourth-order valence-corrected chi connectivity index (χ4v) is 1.62. The van der Waals surface area contributed by atoms with Gasteiger partial charge in [0, 0.05) is 0 Å². The Kier molecular flexibility index (Phi) is 3.23. The Hall–Kier alpha value is -2.29. The van der Waals surface area contributed by atoms with Crippen LogP contribution in [0.3, 0.4) is 0 Å². The number of rotatable bonds is 3. The fraction of sp³-hybridized carbons (Fsp3) is 0.133. The molecule has 0 saturated carbocycles. The van der Waals surface area contributed by atoms with Gasteiger partial charge in [0.1, 0.15) is 11.5 Å². The largest absolute Gasteiger partial charge is 0.465 e. The third kappa shape index (κ3) is 2.69. The highest BCUT2D eigenvalue weighted by Gasteiger charge is 2.09. The Morgan fingerprint density at radius 1 is 1.17 bits per heavy atom. The number of esters is 1. The fourth-order valence-electron chi connectivity index (χ4n) is 1.62. The van der Waals surface area contributed by atoms with Gasteiger partial charge in [-0.2, -0.15) is 0 Å². The summed E-state index contributed by atoms with van der Waals surface area (Å²) in [6, 6.07) is 12.4. The van der Waals surface area contributed by atoms with Crippen molar-refractivity contribution in [3.8, 4) is 11.5 Å². The number of para-hydroxylation sites is 1. The Labute approximate surface area is 107 Å². The summed E-state index contributed by atoms with van der Waals surface area (Å²) in [7, 11) is 1.35. The summed E-state index contributed by atoms with van der Waals surface area (Å²) in [6.45, 7) is 1.82. The first-order valence-corrected chi connectivity index (χ1v) is 5.53. The van der Waals surface area contributed by atoms with Crippen molar-refractivity contribution in [2.45, 2.75) is 6.92 Å². The number of ether oxygens (including phenoxy) is 2. The van der Waals surface area contributed by atoms with E-state index in [1.165, 1.54) is 7.11 Å². The molecule has 2 rings (SSSR count). The molecule has 92 valence electrons. The predicted octanol–water partition coefficient (Wildman–Crippen LogP) is 3.57. The van der Waals surface area contributed by atoms with Gasteiger partial charge in [0.05, 0.1) is 14.0 Å². The van der Waals surface area contributed by atoms with Crippen LogP contribution in [-0.2, 0) is 4.74 Å². The molecule has 0 saturated heterocycles. The first-order valence-electron chi connectivity index (χ1n) is 6.03. The van der Waals surface area contributed by atoms with Crippen LogP contribution in [0.4, 0.5) is 0 Å². The normalized spacial score (nSPS) is 10.7. The van der Waals surface area contributed by atoms with E-state index in [0.717, 1.165) is 5.56 Å². The molecule has 0 N–H and O–H groups in total. The van der Waals surface area contributed by atoms with Crippen LogP contribution < -0.4 is 4.74 Å². The lowest BCUT2D eigenvalue weighted by Gasteiger charge is -2.08. The van der Waals surface area contributed by atoms with Gasteiger partial charge in [0.15, 0.2) is 0 Å². The second-order valence-corrected chi connectivity index (χ2v) is 3.81. The second-order valence-electron chi connectivity index (χ2n) is 3.81. The van der Waals surface area contributed by atoms with E-state index >= 15 is 0 Å². The third-order valence-corrected chi connectivity index (χ3v) is 2.52. The van der Waals surface area contributed by atoms with Crippen LogP contribution in [-0.4, -0.2) is 13.1 Å². The molecular weight excluding hydrogens is 228 g/mol. The Morgan fingerprint density at radius 2 is 2.00 bits per heavy atom. The van der Waals surface area contributed by atoms with Crippen LogP contribution in [0.5, 0.6) is 11.5 Å². The van der Waals surface area contributed by atoms with Crippen molar-refractivity contribution in [1.29, 1.82) is 0 Å². The van der Waals surface area contributed by atoms with Gasteiger partial charge in [-0.25, -0.2) is 4.79 Å². The van der Waals surface area contributed by atoms with Crippen LogP contribution in [0, 0.1) is 6.92 Å². The SMILES string of the molecule is [2H]c1cccc(Oc2ccc(C(=O)OC)c(C)c2)c1.